The van der Waals surface area contributed by atoms with Crippen molar-refractivity contribution in [2.24, 2.45) is 11.8 Å². The molecule has 1 saturated heterocycles. The number of hydrogen-bond acceptors (Lipinski definition) is 2. The van der Waals surface area contributed by atoms with Gasteiger partial charge in [0, 0.05) is 12.5 Å². The zero-order valence-electron chi connectivity index (χ0n) is 11.8. The van der Waals surface area contributed by atoms with Gasteiger partial charge < -0.3 is 10.2 Å². The maximum atomic E-state index is 11.8. The smallest absolute Gasteiger partial charge is 0.223 e. The lowest BCUT2D eigenvalue weighted by Crippen LogP contribution is -2.36. The zero-order chi connectivity index (χ0) is 12.8. The van der Waals surface area contributed by atoms with Crippen LogP contribution in [-0.2, 0) is 4.79 Å². The molecule has 2 fully saturated rings. The van der Waals surface area contributed by atoms with Gasteiger partial charge in [0.1, 0.15) is 0 Å². The molecule has 104 valence electrons. The summed E-state index contributed by atoms with van der Waals surface area (Å²) in [6.07, 6.45) is 8.48. The van der Waals surface area contributed by atoms with Crippen LogP contribution in [0.2, 0.25) is 0 Å². The van der Waals surface area contributed by atoms with Crippen molar-refractivity contribution in [2.75, 3.05) is 26.2 Å². The van der Waals surface area contributed by atoms with Crippen molar-refractivity contribution in [3.63, 3.8) is 0 Å². The maximum absolute atomic E-state index is 11.8. The standard InChI is InChI=1S/C15H28N2O/c1-13-7-11-17(12-8-13)10-4-9-16-15(18)14-5-2-3-6-14/h13-14H,2-12H2,1H3,(H,16,18). The molecule has 1 amide bonds. The Kier molecular flexibility index (Phi) is 5.48. The average Bonchev–Trinajstić information content (AvgIpc) is 2.90. The molecule has 1 aliphatic heterocycles. The molecule has 0 aromatic rings. The number of nitrogens with zero attached hydrogens (tertiary/aromatic N) is 1. The van der Waals surface area contributed by atoms with Gasteiger partial charge >= 0.3 is 0 Å². The van der Waals surface area contributed by atoms with Crippen molar-refractivity contribution >= 4 is 5.91 Å². The normalized spacial score (nSPS) is 23.4. The Morgan fingerprint density at radius 3 is 2.50 bits per heavy atom. The summed E-state index contributed by atoms with van der Waals surface area (Å²) in [5.74, 6) is 1.53. The molecule has 3 nitrogen and oxygen atoms in total. The second-order valence-electron chi connectivity index (χ2n) is 6.15. The molecular formula is C15H28N2O. The van der Waals surface area contributed by atoms with Crippen molar-refractivity contribution in [2.45, 2.75) is 51.9 Å². The fourth-order valence-electron chi connectivity index (χ4n) is 3.13. The van der Waals surface area contributed by atoms with Crippen LogP contribution in [0, 0.1) is 11.8 Å². The van der Waals surface area contributed by atoms with Gasteiger partial charge in [0.05, 0.1) is 0 Å². The highest BCUT2D eigenvalue weighted by Crippen LogP contribution is 2.24. The number of nitrogens with one attached hydrogen (secondary N) is 1. The van der Waals surface area contributed by atoms with Gasteiger partial charge in [-0.2, -0.15) is 0 Å². The van der Waals surface area contributed by atoms with Gasteiger partial charge in [-0.15, -0.1) is 0 Å². The number of carbonyl (C=O) groups is 1. The van der Waals surface area contributed by atoms with Crippen LogP contribution in [0.25, 0.3) is 0 Å². The molecule has 0 spiro atoms. The van der Waals surface area contributed by atoms with Gasteiger partial charge in [-0.25, -0.2) is 0 Å². The zero-order valence-corrected chi connectivity index (χ0v) is 11.8. The summed E-state index contributed by atoms with van der Waals surface area (Å²) in [5.41, 5.74) is 0. The predicted molar refractivity (Wildman–Crippen MR) is 74.4 cm³/mol. The van der Waals surface area contributed by atoms with E-state index in [9.17, 15) is 4.79 Å². The van der Waals surface area contributed by atoms with Crippen LogP contribution in [0.1, 0.15) is 51.9 Å². The van der Waals surface area contributed by atoms with Crippen molar-refractivity contribution in [1.82, 2.24) is 10.2 Å². The van der Waals surface area contributed by atoms with Gasteiger partial charge in [-0.3, -0.25) is 4.79 Å². The summed E-state index contributed by atoms with van der Waals surface area (Å²) in [4.78, 5) is 14.4. The van der Waals surface area contributed by atoms with Crippen LogP contribution < -0.4 is 5.32 Å². The number of likely N-dealkylation sites (tertiary alicyclic amines) is 1. The molecular weight excluding hydrogens is 224 g/mol. The van der Waals surface area contributed by atoms with Crippen molar-refractivity contribution in [1.29, 1.82) is 0 Å². The second kappa shape index (κ2) is 7.13. The van der Waals surface area contributed by atoms with Crippen LogP contribution in [0.5, 0.6) is 0 Å². The number of amides is 1. The van der Waals surface area contributed by atoms with E-state index < -0.39 is 0 Å². The first-order valence-corrected chi connectivity index (χ1v) is 7.76. The average molecular weight is 252 g/mol. The number of rotatable bonds is 5. The van der Waals surface area contributed by atoms with Gasteiger partial charge in [0.15, 0.2) is 0 Å². The number of hydrogen-bond donors (Lipinski definition) is 1. The fourth-order valence-corrected chi connectivity index (χ4v) is 3.13. The summed E-state index contributed by atoms with van der Waals surface area (Å²) in [5, 5.41) is 3.11. The van der Waals surface area contributed by atoms with Gasteiger partial charge in [-0.05, 0) is 57.7 Å². The molecule has 2 aliphatic rings. The minimum absolute atomic E-state index is 0.305. The largest absolute Gasteiger partial charge is 0.356 e. The molecule has 1 heterocycles. The molecule has 2 rings (SSSR count). The monoisotopic (exact) mass is 252 g/mol. The Hall–Kier alpha value is -0.570. The van der Waals surface area contributed by atoms with E-state index in [1.54, 1.807) is 0 Å². The Labute approximate surface area is 111 Å². The van der Waals surface area contributed by atoms with E-state index >= 15 is 0 Å². The third-order valence-electron chi connectivity index (χ3n) is 4.55. The molecule has 0 bridgehead atoms. The first kappa shape index (κ1) is 13.9. The summed E-state index contributed by atoms with van der Waals surface area (Å²) < 4.78 is 0. The summed E-state index contributed by atoms with van der Waals surface area (Å²) in [6, 6.07) is 0. The number of carbonyl (C=O) groups excluding carboxylic acids is 1. The van der Waals surface area contributed by atoms with E-state index in [0.29, 0.717) is 11.8 Å². The third-order valence-corrected chi connectivity index (χ3v) is 4.55. The lowest BCUT2D eigenvalue weighted by molar-refractivity contribution is -0.124. The Balaban J connectivity index is 1.51. The molecule has 0 aromatic carbocycles. The van der Waals surface area contributed by atoms with E-state index in [1.807, 2.05) is 0 Å². The molecule has 0 atom stereocenters. The summed E-state index contributed by atoms with van der Waals surface area (Å²) in [7, 11) is 0. The first-order valence-electron chi connectivity index (χ1n) is 7.76. The van der Waals surface area contributed by atoms with Crippen LogP contribution in [0.3, 0.4) is 0 Å². The molecule has 1 N–H and O–H groups in total. The predicted octanol–water partition coefficient (Wildman–Crippen LogP) is 2.41. The molecule has 0 aromatic heterocycles. The summed E-state index contributed by atoms with van der Waals surface area (Å²) >= 11 is 0. The number of piperidine rings is 1. The van der Waals surface area contributed by atoms with Gasteiger partial charge in [0.25, 0.3) is 0 Å². The minimum Gasteiger partial charge on any atom is -0.356 e. The summed E-state index contributed by atoms with van der Waals surface area (Å²) in [6.45, 7) is 6.85. The molecule has 1 saturated carbocycles. The van der Waals surface area contributed by atoms with E-state index in [-0.39, 0.29) is 0 Å². The minimum atomic E-state index is 0.305. The SMILES string of the molecule is CC1CCN(CCCNC(=O)C2CCCC2)CC1. The fraction of sp³-hybridized carbons (Fsp3) is 0.933. The van der Waals surface area contributed by atoms with Crippen molar-refractivity contribution < 1.29 is 4.79 Å². The van der Waals surface area contributed by atoms with Crippen LogP contribution >= 0.6 is 0 Å². The van der Waals surface area contributed by atoms with E-state index in [4.69, 9.17) is 0 Å². The van der Waals surface area contributed by atoms with E-state index in [2.05, 4.69) is 17.1 Å². The molecule has 18 heavy (non-hydrogen) atoms. The van der Waals surface area contributed by atoms with Crippen LogP contribution in [-0.4, -0.2) is 37.0 Å². The van der Waals surface area contributed by atoms with Gasteiger partial charge in [-0.1, -0.05) is 19.8 Å². The maximum Gasteiger partial charge on any atom is 0.223 e. The topological polar surface area (TPSA) is 32.3 Å². The van der Waals surface area contributed by atoms with Crippen molar-refractivity contribution in [3.05, 3.63) is 0 Å². The van der Waals surface area contributed by atoms with Crippen LogP contribution in [0.4, 0.5) is 0 Å². The highest BCUT2D eigenvalue weighted by Gasteiger charge is 2.22. The molecule has 3 heteroatoms. The van der Waals surface area contributed by atoms with Crippen molar-refractivity contribution in [3.8, 4) is 0 Å². The van der Waals surface area contributed by atoms with Crippen LogP contribution in [0.15, 0.2) is 0 Å². The second-order valence-corrected chi connectivity index (χ2v) is 6.15. The van der Waals surface area contributed by atoms with Gasteiger partial charge in [0.2, 0.25) is 5.91 Å². The van der Waals surface area contributed by atoms with E-state index in [1.165, 1.54) is 38.8 Å². The Bertz CT molecular complexity index is 253. The molecule has 0 unspecified atom stereocenters. The Morgan fingerprint density at radius 1 is 1.17 bits per heavy atom. The first-order chi connectivity index (χ1) is 8.75. The quantitative estimate of drug-likeness (QED) is 0.762. The highest BCUT2D eigenvalue weighted by atomic mass is 16.1. The van der Waals surface area contributed by atoms with E-state index in [0.717, 1.165) is 38.3 Å². The highest BCUT2D eigenvalue weighted by molar-refractivity contribution is 5.78. The molecule has 0 radical (unpaired) electrons. The molecule has 1 aliphatic carbocycles. The Morgan fingerprint density at radius 2 is 1.83 bits per heavy atom. The lowest BCUT2D eigenvalue weighted by Gasteiger charge is -2.30. The lowest BCUT2D eigenvalue weighted by atomic mass is 9.99. The third kappa shape index (κ3) is 4.27.